The first-order valence-corrected chi connectivity index (χ1v) is 10.4. The van der Waals surface area contributed by atoms with E-state index < -0.39 is 0 Å². The average Bonchev–Trinajstić information content (AvgIpc) is 3.20. The van der Waals surface area contributed by atoms with Gasteiger partial charge < -0.3 is 15.2 Å². The van der Waals surface area contributed by atoms with Crippen molar-refractivity contribution in [2.75, 3.05) is 7.11 Å². The highest BCUT2D eigenvalue weighted by Crippen LogP contribution is 2.38. The van der Waals surface area contributed by atoms with Crippen molar-refractivity contribution in [3.63, 3.8) is 0 Å². The molecule has 0 saturated heterocycles. The van der Waals surface area contributed by atoms with Crippen LogP contribution in [0.25, 0.3) is 0 Å². The van der Waals surface area contributed by atoms with E-state index in [9.17, 15) is 5.11 Å². The molecule has 0 spiro atoms. The quantitative estimate of drug-likeness (QED) is 0.534. The topological polar surface area (TPSA) is 53.9 Å². The van der Waals surface area contributed by atoms with Crippen molar-refractivity contribution >= 4 is 29.0 Å². The van der Waals surface area contributed by atoms with Gasteiger partial charge in [0.25, 0.3) is 0 Å². The van der Waals surface area contributed by atoms with Gasteiger partial charge in [-0.1, -0.05) is 53.5 Å². The van der Waals surface area contributed by atoms with Crippen molar-refractivity contribution < 1.29 is 9.84 Å². The molecule has 30 heavy (non-hydrogen) atoms. The third-order valence-corrected chi connectivity index (χ3v) is 5.64. The second-order valence-corrected chi connectivity index (χ2v) is 8.15. The van der Waals surface area contributed by atoms with Crippen LogP contribution in [0.5, 0.6) is 0 Å². The Hall–Kier alpha value is -2.37. The van der Waals surface area contributed by atoms with Gasteiger partial charge in [0.05, 0.1) is 19.3 Å². The third-order valence-electron chi connectivity index (χ3n) is 5.14. The number of hydrogen-bond acceptors (Lipinski definition) is 4. The molecule has 0 fully saturated rings. The second-order valence-electron chi connectivity index (χ2n) is 7.28. The van der Waals surface area contributed by atoms with Crippen LogP contribution in [0, 0.1) is 0 Å². The molecule has 4 nitrogen and oxygen atoms in total. The normalized spacial score (nSPS) is 18.2. The van der Waals surface area contributed by atoms with Gasteiger partial charge in [-0.3, -0.25) is 4.99 Å². The molecule has 2 N–H and O–H groups in total. The Morgan fingerprint density at radius 1 is 0.900 bits per heavy atom. The first kappa shape index (κ1) is 20.9. The summed E-state index contributed by atoms with van der Waals surface area (Å²) in [7, 11) is 1.66. The minimum absolute atomic E-state index is 0.0426. The number of aliphatic imine (C=N–C) groups is 1. The zero-order valence-electron chi connectivity index (χ0n) is 16.5. The summed E-state index contributed by atoms with van der Waals surface area (Å²) in [5.41, 5.74) is 4.89. The maximum absolute atomic E-state index is 9.68. The van der Waals surface area contributed by atoms with E-state index in [-0.39, 0.29) is 18.7 Å². The van der Waals surface area contributed by atoms with Crippen molar-refractivity contribution in [1.29, 1.82) is 0 Å². The Morgan fingerprint density at radius 2 is 1.50 bits per heavy atom. The Balaban J connectivity index is 1.75. The van der Waals surface area contributed by atoms with Gasteiger partial charge in [-0.2, -0.15) is 0 Å². The Morgan fingerprint density at radius 3 is 2.10 bits per heavy atom. The minimum atomic E-state index is -0.123. The summed E-state index contributed by atoms with van der Waals surface area (Å²) in [5, 5.41) is 14.6. The van der Waals surface area contributed by atoms with Crippen molar-refractivity contribution in [1.82, 2.24) is 5.32 Å². The van der Waals surface area contributed by atoms with Crippen LogP contribution >= 0.6 is 23.2 Å². The van der Waals surface area contributed by atoms with Crippen LogP contribution in [0.3, 0.4) is 0 Å². The number of nitrogens with one attached hydrogen (secondary N) is 1. The summed E-state index contributed by atoms with van der Waals surface area (Å²) in [6.07, 6.45) is 0. The number of aliphatic hydroxyl groups is 1. The molecule has 0 unspecified atom stereocenters. The molecule has 3 aromatic carbocycles. The third kappa shape index (κ3) is 4.52. The number of methoxy groups -OCH3 is 1. The number of nitrogens with zero attached hydrogens (tertiary/aromatic N) is 1. The van der Waals surface area contributed by atoms with Crippen molar-refractivity contribution in [3.05, 3.63) is 105 Å². The molecule has 2 atom stereocenters. The van der Waals surface area contributed by atoms with Gasteiger partial charge in [0.15, 0.2) is 0 Å². The predicted octanol–water partition coefficient (Wildman–Crippen LogP) is 5.46. The maximum atomic E-state index is 9.68. The minimum Gasteiger partial charge on any atom is -0.392 e. The van der Waals surface area contributed by atoms with E-state index in [1.165, 1.54) is 0 Å². The van der Waals surface area contributed by atoms with Crippen LogP contribution in [0.1, 0.15) is 39.9 Å². The maximum Gasteiger partial charge on any atom is 0.129 e. The highest BCUT2D eigenvalue weighted by molar-refractivity contribution is 6.30. The molecule has 0 aliphatic carbocycles. The van der Waals surface area contributed by atoms with Crippen LogP contribution in [-0.4, -0.2) is 18.1 Å². The van der Waals surface area contributed by atoms with Crippen LogP contribution in [-0.2, 0) is 18.0 Å². The SMILES string of the molecule is COCc1cc(CO)cc(C2=N[C@H](c3ccc(Cl)cc3)[C@H](c3ccc(Cl)cc3)N2)c1. The van der Waals surface area contributed by atoms with E-state index in [2.05, 4.69) is 5.32 Å². The molecule has 0 saturated carbocycles. The standard InChI is InChI=1S/C24H22Cl2N2O2/c1-30-14-16-10-15(13-29)11-19(12-16)24-27-22(17-2-6-20(25)7-3-17)23(28-24)18-4-8-21(26)9-5-18/h2-12,22-23,29H,13-14H2,1H3,(H,27,28)/t22-,23+. The average molecular weight is 441 g/mol. The first-order valence-electron chi connectivity index (χ1n) is 9.65. The van der Waals surface area contributed by atoms with Crippen LogP contribution in [0.2, 0.25) is 10.0 Å². The van der Waals surface area contributed by atoms with Gasteiger partial charge in [-0.15, -0.1) is 0 Å². The molecule has 0 aromatic heterocycles. The summed E-state index contributed by atoms with van der Waals surface area (Å²) < 4.78 is 5.28. The Labute approximate surface area is 186 Å². The smallest absolute Gasteiger partial charge is 0.129 e. The molecule has 3 aromatic rings. The lowest BCUT2D eigenvalue weighted by atomic mass is 9.95. The van der Waals surface area contributed by atoms with Gasteiger partial charge in [-0.25, -0.2) is 0 Å². The largest absolute Gasteiger partial charge is 0.392 e. The van der Waals surface area contributed by atoms with E-state index in [4.69, 9.17) is 32.9 Å². The molecule has 6 heteroatoms. The number of benzene rings is 3. The van der Waals surface area contributed by atoms with Crippen molar-refractivity contribution in [3.8, 4) is 0 Å². The molecule has 1 heterocycles. The Kier molecular flexibility index (Phi) is 6.40. The molecule has 1 aliphatic heterocycles. The number of rotatable bonds is 6. The number of hydrogen-bond donors (Lipinski definition) is 2. The summed E-state index contributed by atoms with van der Waals surface area (Å²) in [4.78, 5) is 5.02. The fourth-order valence-corrected chi connectivity index (χ4v) is 3.99. The molecule has 0 bridgehead atoms. The number of aliphatic hydroxyl groups excluding tert-OH is 1. The van der Waals surface area contributed by atoms with Crippen molar-refractivity contribution in [2.24, 2.45) is 4.99 Å². The lowest BCUT2D eigenvalue weighted by Crippen LogP contribution is -2.25. The Bertz CT molecular complexity index is 1050. The molecule has 4 rings (SSSR count). The van der Waals surface area contributed by atoms with Crippen molar-refractivity contribution in [2.45, 2.75) is 25.3 Å². The van der Waals surface area contributed by atoms with Crippen LogP contribution < -0.4 is 5.32 Å². The number of halogens is 2. The van der Waals surface area contributed by atoms with Gasteiger partial charge in [0.2, 0.25) is 0 Å². The summed E-state index contributed by atoms with van der Waals surface area (Å²) in [6, 6.07) is 21.3. The van der Waals surface area contributed by atoms with E-state index in [1.807, 2.05) is 66.7 Å². The fraction of sp³-hybridized carbons (Fsp3) is 0.208. The van der Waals surface area contributed by atoms with Gasteiger partial charge in [0.1, 0.15) is 11.9 Å². The van der Waals surface area contributed by atoms with Gasteiger partial charge in [-0.05, 0) is 58.7 Å². The lowest BCUT2D eigenvalue weighted by Gasteiger charge is -2.20. The van der Waals surface area contributed by atoms with E-state index in [0.717, 1.165) is 33.7 Å². The summed E-state index contributed by atoms with van der Waals surface area (Å²) in [5.74, 6) is 0.780. The number of ether oxygens (including phenoxy) is 1. The molecule has 1 aliphatic rings. The van der Waals surface area contributed by atoms with E-state index >= 15 is 0 Å². The molecular weight excluding hydrogens is 419 g/mol. The zero-order valence-corrected chi connectivity index (χ0v) is 18.0. The fourth-order valence-electron chi connectivity index (χ4n) is 3.74. The summed E-state index contributed by atoms with van der Waals surface area (Å²) >= 11 is 12.2. The second kappa shape index (κ2) is 9.19. The number of amidine groups is 1. The monoisotopic (exact) mass is 440 g/mol. The first-order chi connectivity index (χ1) is 14.6. The van der Waals surface area contributed by atoms with Crippen LogP contribution in [0.4, 0.5) is 0 Å². The van der Waals surface area contributed by atoms with Crippen LogP contribution in [0.15, 0.2) is 71.7 Å². The lowest BCUT2D eigenvalue weighted by molar-refractivity contribution is 0.184. The van der Waals surface area contributed by atoms with E-state index in [1.54, 1.807) is 7.11 Å². The molecule has 0 radical (unpaired) electrons. The summed E-state index contributed by atoms with van der Waals surface area (Å²) in [6.45, 7) is 0.425. The predicted molar refractivity (Wildman–Crippen MR) is 121 cm³/mol. The van der Waals surface area contributed by atoms with E-state index in [0.29, 0.717) is 16.7 Å². The molecular formula is C24H22Cl2N2O2. The van der Waals surface area contributed by atoms with Gasteiger partial charge in [0, 0.05) is 22.7 Å². The zero-order chi connectivity index (χ0) is 21.1. The molecule has 154 valence electrons. The van der Waals surface area contributed by atoms with Gasteiger partial charge >= 0.3 is 0 Å². The molecule has 0 amide bonds. The highest BCUT2D eigenvalue weighted by atomic mass is 35.5. The highest BCUT2D eigenvalue weighted by Gasteiger charge is 2.32.